The molecule has 0 aliphatic heterocycles. The van der Waals surface area contributed by atoms with Crippen LogP contribution in [0.4, 0.5) is 5.13 Å². The number of hydrogen-bond acceptors (Lipinski definition) is 5. The summed E-state index contributed by atoms with van der Waals surface area (Å²) in [6.45, 7) is 0. The summed E-state index contributed by atoms with van der Waals surface area (Å²) in [6.07, 6.45) is 1.79. The van der Waals surface area contributed by atoms with Crippen LogP contribution in [0.5, 0.6) is 0 Å². The monoisotopic (exact) mass is 440 g/mol. The molecule has 3 aromatic rings. The van der Waals surface area contributed by atoms with Gasteiger partial charge in [0.2, 0.25) is 10.0 Å². The maximum Gasteiger partial charge on any atom is 0.258 e. The third kappa shape index (κ3) is 3.82. The summed E-state index contributed by atoms with van der Waals surface area (Å²) < 4.78 is 26.5. The van der Waals surface area contributed by atoms with E-state index < -0.39 is 15.9 Å². The molecule has 3 rings (SSSR count). The van der Waals surface area contributed by atoms with Gasteiger partial charge in [0, 0.05) is 16.0 Å². The second-order valence-corrected chi connectivity index (χ2v) is 8.52. The number of carbonyl (C=O) groups is 1. The molecule has 0 saturated heterocycles. The minimum absolute atomic E-state index is 0.00885. The second-order valence-electron chi connectivity index (χ2n) is 4.93. The molecule has 0 unspecified atom stereocenters. The van der Waals surface area contributed by atoms with Gasteiger partial charge in [0.05, 0.1) is 21.8 Å². The van der Waals surface area contributed by atoms with Crippen molar-refractivity contribution in [2.75, 3.05) is 12.4 Å². The van der Waals surface area contributed by atoms with Crippen molar-refractivity contribution in [2.45, 2.75) is 4.90 Å². The minimum atomic E-state index is -3.64. The molecule has 25 heavy (non-hydrogen) atoms. The Morgan fingerprint density at radius 2 is 2.12 bits per heavy atom. The molecule has 0 saturated carbocycles. The van der Waals surface area contributed by atoms with Crippen molar-refractivity contribution in [1.29, 1.82) is 0 Å². The number of anilines is 1. The van der Waals surface area contributed by atoms with Crippen molar-refractivity contribution < 1.29 is 13.2 Å². The van der Waals surface area contributed by atoms with E-state index in [1.165, 1.54) is 36.6 Å². The molecular formula is C15H13BrN4O3S2. The lowest BCUT2D eigenvalue weighted by Gasteiger charge is -2.08. The number of carbonyl (C=O) groups excluding carboxylic acids is 1. The molecule has 0 aliphatic rings. The van der Waals surface area contributed by atoms with Gasteiger partial charge >= 0.3 is 0 Å². The van der Waals surface area contributed by atoms with Crippen molar-refractivity contribution in [3.63, 3.8) is 0 Å². The zero-order valence-corrected chi connectivity index (χ0v) is 16.1. The summed E-state index contributed by atoms with van der Waals surface area (Å²) in [5.41, 5.74) is 1.77. The molecule has 130 valence electrons. The van der Waals surface area contributed by atoms with Crippen molar-refractivity contribution in [3.05, 3.63) is 51.9 Å². The van der Waals surface area contributed by atoms with E-state index in [2.05, 4.69) is 35.9 Å². The molecule has 0 atom stereocenters. The van der Waals surface area contributed by atoms with Gasteiger partial charge in [-0.15, -0.1) is 11.3 Å². The van der Waals surface area contributed by atoms with Gasteiger partial charge in [0.25, 0.3) is 5.91 Å². The largest absolute Gasteiger partial charge is 0.360 e. The highest BCUT2D eigenvalue weighted by Gasteiger charge is 2.18. The van der Waals surface area contributed by atoms with Crippen molar-refractivity contribution in [1.82, 2.24) is 14.7 Å². The Kier molecular flexibility index (Phi) is 5.04. The zero-order chi connectivity index (χ0) is 18.0. The van der Waals surface area contributed by atoms with E-state index in [1.54, 1.807) is 6.20 Å². The molecule has 7 nitrogen and oxygen atoms in total. The molecule has 0 fully saturated rings. The van der Waals surface area contributed by atoms with Gasteiger partial charge in [-0.2, -0.15) is 0 Å². The second kappa shape index (κ2) is 7.08. The van der Waals surface area contributed by atoms with Crippen LogP contribution in [0, 0.1) is 0 Å². The fraction of sp³-hybridized carbons (Fsp3) is 0.0667. The number of halogens is 1. The number of nitrogens with zero attached hydrogens (tertiary/aromatic N) is 1. The van der Waals surface area contributed by atoms with Crippen LogP contribution in [0.3, 0.4) is 0 Å². The van der Waals surface area contributed by atoms with Gasteiger partial charge in [-0.1, -0.05) is 0 Å². The predicted molar refractivity (Wildman–Crippen MR) is 100 cm³/mol. The first-order chi connectivity index (χ1) is 11.9. The van der Waals surface area contributed by atoms with Gasteiger partial charge in [-0.25, -0.2) is 18.1 Å². The van der Waals surface area contributed by atoms with Gasteiger partial charge in [0.1, 0.15) is 0 Å². The predicted octanol–water partition coefficient (Wildman–Crippen LogP) is 3.06. The van der Waals surface area contributed by atoms with Crippen LogP contribution < -0.4 is 10.0 Å². The van der Waals surface area contributed by atoms with E-state index in [9.17, 15) is 13.2 Å². The number of benzene rings is 1. The Hall–Kier alpha value is -2.01. The quantitative estimate of drug-likeness (QED) is 0.566. The van der Waals surface area contributed by atoms with Crippen LogP contribution in [0.15, 0.2) is 51.3 Å². The van der Waals surface area contributed by atoms with E-state index in [1.807, 2.05) is 17.5 Å². The SMILES string of the molecule is CNS(=O)(=O)c1ccc(Br)c(C(=O)Nc2nc(-c3ccc[nH]3)cs2)c1. The maximum absolute atomic E-state index is 12.5. The first-order valence-electron chi connectivity index (χ1n) is 7.04. The highest BCUT2D eigenvalue weighted by Crippen LogP contribution is 2.26. The van der Waals surface area contributed by atoms with E-state index in [4.69, 9.17) is 0 Å². The number of nitrogens with one attached hydrogen (secondary N) is 3. The maximum atomic E-state index is 12.5. The average molecular weight is 441 g/mol. The summed E-state index contributed by atoms with van der Waals surface area (Å²) >= 11 is 4.55. The number of amides is 1. The van der Waals surface area contributed by atoms with Crippen molar-refractivity contribution in [3.8, 4) is 11.4 Å². The van der Waals surface area contributed by atoms with Crippen molar-refractivity contribution in [2.24, 2.45) is 0 Å². The molecule has 2 aromatic heterocycles. The Morgan fingerprint density at radius 3 is 2.80 bits per heavy atom. The van der Waals surface area contributed by atoms with Crippen LogP contribution in [-0.4, -0.2) is 31.3 Å². The Balaban J connectivity index is 1.85. The fourth-order valence-corrected chi connectivity index (χ4v) is 3.96. The normalized spacial score (nSPS) is 11.4. The highest BCUT2D eigenvalue weighted by molar-refractivity contribution is 9.10. The number of aromatic amines is 1. The van der Waals surface area contributed by atoms with Gasteiger partial charge in [-0.05, 0) is 53.3 Å². The molecule has 0 bridgehead atoms. The zero-order valence-electron chi connectivity index (χ0n) is 12.9. The summed E-state index contributed by atoms with van der Waals surface area (Å²) in [5, 5.41) is 4.93. The molecule has 0 radical (unpaired) electrons. The molecule has 1 aromatic carbocycles. The van der Waals surface area contributed by atoms with Crippen LogP contribution >= 0.6 is 27.3 Å². The molecule has 3 N–H and O–H groups in total. The third-order valence-corrected chi connectivity index (χ3v) is 6.22. The number of thiazole rings is 1. The molecular weight excluding hydrogens is 428 g/mol. The number of H-pyrrole nitrogens is 1. The van der Waals surface area contributed by atoms with E-state index in [-0.39, 0.29) is 10.5 Å². The average Bonchev–Trinajstić information content (AvgIpc) is 3.26. The fourth-order valence-electron chi connectivity index (χ4n) is 2.07. The molecule has 2 heterocycles. The molecule has 1 amide bonds. The van der Waals surface area contributed by atoms with Crippen LogP contribution in [0.1, 0.15) is 10.4 Å². The lowest BCUT2D eigenvalue weighted by atomic mass is 10.2. The Morgan fingerprint density at radius 1 is 1.32 bits per heavy atom. The smallest absolute Gasteiger partial charge is 0.258 e. The Bertz CT molecular complexity index is 1010. The van der Waals surface area contributed by atoms with E-state index in [0.717, 1.165) is 11.4 Å². The first kappa shape index (κ1) is 17.8. The molecule has 10 heteroatoms. The van der Waals surface area contributed by atoms with E-state index >= 15 is 0 Å². The van der Waals surface area contributed by atoms with Gasteiger partial charge in [-0.3, -0.25) is 10.1 Å². The standard InChI is InChI=1S/C15H13BrN4O3S2/c1-17-25(22,23)9-4-5-11(16)10(7-9)14(21)20-15-19-13(8-24-15)12-3-2-6-18-12/h2-8,17-18H,1H3,(H,19,20,21). The van der Waals surface area contributed by atoms with E-state index in [0.29, 0.717) is 9.60 Å². The summed E-state index contributed by atoms with van der Waals surface area (Å²) in [5.74, 6) is -0.451. The summed E-state index contributed by atoms with van der Waals surface area (Å²) in [7, 11) is -2.32. The summed E-state index contributed by atoms with van der Waals surface area (Å²) in [4.78, 5) is 19.9. The lowest BCUT2D eigenvalue weighted by Crippen LogP contribution is -2.20. The number of hydrogen-bond donors (Lipinski definition) is 3. The molecule has 0 aliphatic carbocycles. The van der Waals surface area contributed by atoms with Gasteiger partial charge in [0.15, 0.2) is 5.13 Å². The first-order valence-corrected chi connectivity index (χ1v) is 10.2. The third-order valence-electron chi connectivity index (χ3n) is 3.36. The van der Waals surface area contributed by atoms with Crippen LogP contribution in [0.2, 0.25) is 0 Å². The van der Waals surface area contributed by atoms with Crippen LogP contribution in [0.25, 0.3) is 11.4 Å². The highest BCUT2D eigenvalue weighted by atomic mass is 79.9. The number of aromatic nitrogens is 2. The van der Waals surface area contributed by atoms with Gasteiger partial charge < -0.3 is 4.98 Å². The van der Waals surface area contributed by atoms with Crippen LogP contribution in [-0.2, 0) is 10.0 Å². The van der Waals surface area contributed by atoms with Crippen molar-refractivity contribution >= 4 is 48.3 Å². The number of rotatable bonds is 5. The number of sulfonamides is 1. The topological polar surface area (TPSA) is 104 Å². The lowest BCUT2D eigenvalue weighted by molar-refractivity contribution is 0.102. The molecule has 0 spiro atoms. The Labute approximate surface area is 156 Å². The minimum Gasteiger partial charge on any atom is -0.360 e. The summed E-state index contributed by atoms with van der Waals surface area (Å²) in [6, 6.07) is 7.98.